The molecule has 28 heavy (non-hydrogen) atoms. The van der Waals surface area contributed by atoms with Crippen LogP contribution in [0.25, 0.3) is 0 Å². The number of nitrogens with zero attached hydrogens (tertiary/aromatic N) is 3. The topological polar surface area (TPSA) is 37.2 Å². The maximum atomic E-state index is 15.3. The molecule has 1 aliphatic rings. The van der Waals surface area contributed by atoms with E-state index in [1.54, 1.807) is 4.90 Å². The predicted molar refractivity (Wildman–Crippen MR) is 109 cm³/mol. The molecule has 1 heterocycles. The van der Waals surface area contributed by atoms with E-state index in [4.69, 9.17) is 4.84 Å². The van der Waals surface area contributed by atoms with Gasteiger partial charge >= 0.3 is 0 Å². The molecule has 0 amide bonds. The van der Waals surface area contributed by atoms with E-state index in [2.05, 4.69) is 10.1 Å². The fraction of sp³-hybridized carbons (Fsp3) is 0.130. The van der Waals surface area contributed by atoms with Crippen LogP contribution in [0.4, 0.5) is 4.39 Å². The average molecular weight is 373 g/mol. The lowest BCUT2D eigenvalue weighted by Crippen LogP contribution is -2.49. The van der Waals surface area contributed by atoms with Crippen molar-refractivity contribution in [3.8, 4) is 0 Å². The van der Waals surface area contributed by atoms with Crippen molar-refractivity contribution in [2.75, 3.05) is 13.7 Å². The molecule has 0 fully saturated rings. The Morgan fingerprint density at radius 1 is 0.821 bits per heavy atom. The third-order valence-electron chi connectivity index (χ3n) is 4.92. The second-order valence-electron chi connectivity index (χ2n) is 6.47. The number of hydrogen-bond donors (Lipinski definition) is 0. The fourth-order valence-corrected chi connectivity index (χ4v) is 3.83. The van der Waals surface area contributed by atoms with Gasteiger partial charge in [0.2, 0.25) is 0 Å². The smallest absolute Gasteiger partial charge is 0.288 e. The summed E-state index contributed by atoms with van der Waals surface area (Å²) in [6.45, 7) is 0.193. The third-order valence-corrected chi connectivity index (χ3v) is 4.92. The monoisotopic (exact) mass is 373 g/mol. The van der Waals surface area contributed by atoms with Crippen LogP contribution in [0.1, 0.15) is 16.7 Å². The van der Waals surface area contributed by atoms with Crippen LogP contribution < -0.4 is 0 Å². The van der Waals surface area contributed by atoms with Crippen molar-refractivity contribution in [2.45, 2.75) is 5.54 Å². The van der Waals surface area contributed by atoms with Crippen molar-refractivity contribution in [3.63, 3.8) is 0 Å². The highest BCUT2D eigenvalue weighted by Gasteiger charge is 2.46. The van der Waals surface area contributed by atoms with Crippen molar-refractivity contribution < 1.29 is 9.23 Å². The number of hydrogen-bond acceptors (Lipinski definition) is 3. The molecule has 1 aliphatic heterocycles. The highest BCUT2D eigenvalue weighted by molar-refractivity contribution is 6.01. The Morgan fingerprint density at radius 3 is 1.64 bits per heavy atom. The summed E-state index contributed by atoms with van der Waals surface area (Å²) in [6.07, 6.45) is -0.590. The summed E-state index contributed by atoms with van der Waals surface area (Å²) < 4.78 is 15.3. The van der Waals surface area contributed by atoms with Crippen molar-refractivity contribution >= 4 is 11.9 Å². The van der Waals surface area contributed by atoms with E-state index in [1.165, 1.54) is 7.11 Å². The van der Waals surface area contributed by atoms with E-state index in [0.717, 1.165) is 16.7 Å². The summed E-state index contributed by atoms with van der Waals surface area (Å²) in [4.78, 5) is 10.5. The zero-order valence-electron chi connectivity index (χ0n) is 15.5. The van der Waals surface area contributed by atoms with Crippen LogP contribution in [0.3, 0.4) is 0 Å². The molecule has 0 radical (unpaired) electrons. The summed E-state index contributed by atoms with van der Waals surface area (Å²) in [5, 5.41) is 3.87. The molecule has 0 saturated carbocycles. The first-order chi connectivity index (χ1) is 13.8. The van der Waals surface area contributed by atoms with Crippen molar-refractivity contribution in [1.29, 1.82) is 0 Å². The van der Waals surface area contributed by atoms with E-state index in [1.807, 2.05) is 91.0 Å². The normalized spacial score (nSPS) is 15.6. The lowest BCUT2D eigenvalue weighted by atomic mass is 9.75. The van der Waals surface area contributed by atoms with E-state index in [9.17, 15) is 0 Å². The Balaban J connectivity index is 2.03. The van der Waals surface area contributed by atoms with Gasteiger partial charge in [-0.15, -0.1) is 0 Å². The predicted octanol–water partition coefficient (Wildman–Crippen LogP) is 4.58. The van der Waals surface area contributed by atoms with Gasteiger partial charge in [-0.2, -0.15) is 9.38 Å². The van der Waals surface area contributed by atoms with Gasteiger partial charge in [-0.1, -0.05) is 96.2 Å². The molecule has 3 aromatic rings. The number of oxime groups is 1. The van der Waals surface area contributed by atoms with Gasteiger partial charge in [-0.25, -0.2) is 0 Å². The lowest BCUT2D eigenvalue weighted by Gasteiger charge is -2.43. The minimum Gasteiger partial charge on any atom is -0.398 e. The van der Waals surface area contributed by atoms with E-state index in [0.29, 0.717) is 5.84 Å². The molecule has 4 nitrogen and oxygen atoms in total. The van der Waals surface area contributed by atoms with E-state index < -0.39 is 11.6 Å². The first kappa shape index (κ1) is 17.9. The van der Waals surface area contributed by atoms with Crippen LogP contribution in [0.15, 0.2) is 101 Å². The Labute approximate surface area is 163 Å². The SMILES string of the molecule is CO/N=C1\CN(C(c2ccccc2)(c2ccccc2)c2ccccc2)C(F)=N1. The van der Waals surface area contributed by atoms with Crippen LogP contribution in [-0.4, -0.2) is 30.5 Å². The van der Waals surface area contributed by atoms with Crippen LogP contribution in [-0.2, 0) is 10.4 Å². The van der Waals surface area contributed by atoms with Crippen molar-refractivity contribution in [2.24, 2.45) is 10.1 Å². The maximum Gasteiger partial charge on any atom is 0.288 e. The molecule has 0 aromatic heterocycles. The molecule has 4 rings (SSSR count). The molecule has 0 bridgehead atoms. The number of benzene rings is 3. The van der Waals surface area contributed by atoms with Gasteiger partial charge in [-0.05, 0) is 16.7 Å². The molecule has 3 aromatic carbocycles. The van der Waals surface area contributed by atoms with Gasteiger partial charge in [-0.3, -0.25) is 0 Å². The Morgan fingerprint density at radius 2 is 1.25 bits per heavy atom. The summed E-state index contributed by atoms with van der Waals surface area (Å²) >= 11 is 0. The quantitative estimate of drug-likeness (QED) is 0.373. The number of amidine groups is 2. The van der Waals surface area contributed by atoms with Crippen LogP contribution >= 0.6 is 0 Å². The molecular weight excluding hydrogens is 353 g/mol. The first-order valence-electron chi connectivity index (χ1n) is 9.05. The molecule has 140 valence electrons. The minimum absolute atomic E-state index is 0.193. The van der Waals surface area contributed by atoms with Crippen LogP contribution in [0, 0.1) is 0 Å². The van der Waals surface area contributed by atoms with Gasteiger partial charge in [0.15, 0.2) is 5.84 Å². The Kier molecular flexibility index (Phi) is 4.89. The highest BCUT2D eigenvalue weighted by atomic mass is 19.1. The number of rotatable bonds is 5. The number of aliphatic imine (C=N–C) groups is 1. The first-order valence-corrected chi connectivity index (χ1v) is 9.05. The van der Waals surface area contributed by atoms with Crippen LogP contribution in [0.5, 0.6) is 0 Å². The van der Waals surface area contributed by atoms with Gasteiger partial charge in [0.05, 0.1) is 6.54 Å². The zero-order valence-corrected chi connectivity index (χ0v) is 15.5. The molecular formula is C23H20FN3O. The molecule has 5 heteroatoms. The largest absolute Gasteiger partial charge is 0.398 e. The molecule has 0 spiro atoms. The molecule has 0 saturated heterocycles. The second kappa shape index (κ2) is 7.64. The maximum absolute atomic E-state index is 15.3. The minimum atomic E-state index is -0.900. The van der Waals surface area contributed by atoms with Gasteiger partial charge in [0.25, 0.3) is 6.09 Å². The molecule has 0 N–H and O–H groups in total. The summed E-state index contributed by atoms with van der Waals surface area (Å²) in [5.41, 5.74) is 1.92. The van der Waals surface area contributed by atoms with E-state index >= 15 is 4.39 Å². The summed E-state index contributed by atoms with van der Waals surface area (Å²) in [6, 6.07) is 29.7. The second-order valence-corrected chi connectivity index (χ2v) is 6.47. The lowest BCUT2D eigenvalue weighted by molar-refractivity contribution is 0.210. The molecule has 0 unspecified atom stereocenters. The fourth-order valence-electron chi connectivity index (χ4n) is 3.83. The van der Waals surface area contributed by atoms with Gasteiger partial charge in [0.1, 0.15) is 12.6 Å². The molecule has 0 atom stereocenters. The van der Waals surface area contributed by atoms with E-state index in [-0.39, 0.29) is 6.54 Å². The van der Waals surface area contributed by atoms with Crippen molar-refractivity contribution in [1.82, 2.24) is 4.90 Å². The third kappa shape index (κ3) is 2.95. The Bertz CT molecular complexity index is 891. The van der Waals surface area contributed by atoms with Crippen LogP contribution in [0.2, 0.25) is 0 Å². The van der Waals surface area contributed by atoms with Gasteiger partial charge in [0, 0.05) is 0 Å². The number of halogens is 1. The summed E-state index contributed by atoms with van der Waals surface area (Å²) in [5.74, 6) is 0.298. The zero-order chi connectivity index (χ0) is 19.4. The van der Waals surface area contributed by atoms with Gasteiger partial charge < -0.3 is 9.74 Å². The average Bonchev–Trinajstić information content (AvgIpc) is 3.12. The standard InChI is InChI=1S/C23H20FN3O/c1-28-26-21-17-27(22(24)25-21)23(18-11-5-2-6-12-18,19-13-7-3-8-14-19)20-15-9-4-10-16-20/h2-16H,17H2,1H3/b26-21+. The highest BCUT2D eigenvalue weighted by Crippen LogP contribution is 2.43. The molecule has 0 aliphatic carbocycles. The Hall–Kier alpha value is -3.47. The summed E-state index contributed by atoms with van der Waals surface area (Å²) in [7, 11) is 1.43. The van der Waals surface area contributed by atoms with Crippen molar-refractivity contribution in [3.05, 3.63) is 108 Å².